The number of hydrogen-bond acceptors (Lipinski definition) is 8. The fraction of sp³-hybridized carbons (Fsp3) is 1.00. The molecule has 182 valence electrons. The number of aliphatic hydroxyl groups is 1. The molecule has 0 saturated heterocycles. The molecule has 0 bridgehead atoms. The van der Waals surface area contributed by atoms with Gasteiger partial charge in [-0.05, 0) is 54.7 Å². The molecule has 0 aliphatic heterocycles. The summed E-state index contributed by atoms with van der Waals surface area (Å²) in [4.78, 5) is 0. The monoisotopic (exact) mass is 454 g/mol. The van der Waals surface area contributed by atoms with Crippen molar-refractivity contribution >= 4 is 11.8 Å². The molecule has 8 heteroatoms. The lowest BCUT2D eigenvalue weighted by Crippen LogP contribution is -2.30. The standard InChI is InChI=1S/C22H46O7S/c1-16(23)9-24-17(2)10-25-18(3)11-26-19(4)12-27-20(5)13-28-21(6)14-29-22(7)15-30-8/h16-23H,9-15H2,1-8H3/t16-,17-,18-,19-,20-,21-,22+/m0/s1. The van der Waals surface area contributed by atoms with Crippen LogP contribution in [0.2, 0.25) is 0 Å². The predicted octanol–water partition coefficient (Wildman–Crippen LogP) is 3.16. The Balaban J connectivity index is 3.77. The van der Waals surface area contributed by atoms with Crippen LogP contribution in [0, 0.1) is 0 Å². The Morgan fingerprint density at radius 3 is 1.03 bits per heavy atom. The van der Waals surface area contributed by atoms with Gasteiger partial charge in [-0.2, -0.15) is 11.8 Å². The number of aliphatic hydroxyl groups excluding tert-OH is 1. The molecule has 0 fully saturated rings. The Bertz CT molecular complexity index is 386. The predicted molar refractivity (Wildman–Crippen MR) is 123 cm³/mol. The molecule has 7 atom stereocenters. The number of hydrogen-bond donors (Lipinski definition) is 1. The quantitative estimate of drug-likeness (QED) is 0.301. The summed E-state index contributed by atoms with van der Waals surface area (Å²) in [7, 11) is 0. The highest BCUT2D eigenvalue weighted by Crippen LogP contribution is 2.05. The van der Waals surface area contributed by atoms with E-state index in [0.29, 0.717) is 39.6 Å². The first-order chi connectivity index (χ1) is 14.1. The summed E-state index contributed by atoms with van der Waals surface area (Å²) in [5.41, 5.74) is 0. The first-order valence-corrected chi connectivity index (χ1v) is 12.4. The van der Waals surface area contributed by atoms with E-state index in [1.54, 1.807) is 18.7 Å². The molecule has 0 amide bonds. The second kappa shape index (κ2) is 18.6. The van der Waals surface area contributed by atoms with E-state index < -0.39 is 6.10 Å². The molecule has 0 aromatic heterocycles. The normalized spacial score (nSPS) is 19.1. The van der Waals surface area contributed by atoms with Crippen LogP contribution in [0.1, 0.15) is 48.5 Å². The van der Waals surface area contributed by atoms with E-state index in [2.05, 4.69) is 13.2 Å². The van der Waals surface area contributed by atoms with Crippen LogP contribution < -0.4 is 0 Å². The van der Waals surface area contributed by atoms with Crippen molar-refractivity contribution in [2.24, 2.45) is 0 Å². The van der Waals surface area contributed by atoms with Gasteiger partial charge >= 0.3 is 0 Å². The first-order valence-electron chi connectivity index (χ1n) is 11.0. The Kier molecular flexibility index (Phi) is 18.7. The molecule has 30 heavy (non-hydrogen) atoms. The van der Waals surface area contributed by atoms with Gasteiger partial charge in [-0.3, -0.25) is 0 Å². The lowest BCUT2D eigenvalue weighted by molar-refractivity contribution is -0.103. The van der Waals surface area contributed by atoms with Crippen molar-refractivity contribution in [3.63, 3.8) is 0 Å². The minimum Gasteiger partial charge on any atom is -0.391 e. The SMILES string of the molecule is CSC[C@@H](C)OC[C@H](C)OC[C@H](C)OC[C@H](C)OC[C@H](C)OC[C@H](C)OC[C@H](C)O. The van der Waals surface area contributed by atoms with Crippen molar-refractivity contribution in [1.82, 2.24) is 0 Å². The van der Waals surface area contributed by atoms with Crippen LogP contribution in [0.25, 0.3) is 0 Å². The van der Waals surface area contributed by atoms with Gasteiger partial charge in [-0.25, -0.2) is 0 Å². The zero-order valence-electron chi connectivity index (χ0n) is 20.3. The van der Waals surface area contributed by atoms with Gasteiger partial charge in [0, 0.05) is 5.75 Å². The zero-order valence-corrected chi connectivity index (χ0v) is 21.1. The molecular formula is C22H46O7S. The highest BCUT2D eigenvalue weighted by Gasteiger charge is 2.13. The highest BCUT2D eigenvalue weighted by atomic mass is 32.2. The molecule has 0 spiro atoms. The molecule has 7 nitrogen and oxygen atoms in total. The number of ether oxygens (including phenoxy) is 6. The second-order valence-corrected chi connectivity index (χ2v) is 9.08. The van der Waals surface area contributed by atoms with E-state index in [9.17, 15) is 5.11 Å². The average Bonchev–Trinajstić information content (AvgIpc) is 2.70. The maximum absolute atomic E-state index is 9.22. The van der Waals surface area contributed by atoms with Crippen molar-refractivity contribution in [2.75, 3.05) is 51.6 Å². The van der Waals surface area contributed by atoms with Crippen LogP contribution in [0.15, 0.2) is 0 Å². The van der Waals surface area contributed by atoms with E-state index in [4.69, 9.17) is 28.4 Å². The summed E-state index contributed by atoms with van der Waals surface area (Å²) in [5.74, 6) is 0.990. The molecule has 0 aromatic rings. The van der Waals surface area contributed by atoms with Gasteiger partial charge in [0.1, 0.15) is 0 Å². The van der Waals surface area contributed by atoms with Crippen LogP contribution in [0.3, 0.4) is 0 Å². The lowest BCUT2D eigenvalue weighted by atomic mass is 10.3. The molecule has 0 aliphatic rings. The van der Waals surface area contributed by atoms with E-state index in [1.165, 1.54) is 0 Å². The molecule has 0 aliphatic carbocycles. The molecule has 0 heterocycles. The summed E-state index contributed by atoms with van der Waals surface area (Å²) in [5, 5.41) is 9.22. The minimum atomic E-state index is -0.466. The zero-order chi connectivity index (χ0) is 22.9. The number of rotatable bonds is 20. The van der Waals surface area contributed by atoms with Crippen LogP contribution in [0.5, 0.6) is 0 Å². The smallest absolute Gasteiger partial charge is 0.0781 e. The summed E-state index contributed by atoms with van der Waals surface area (Å²) in [6.45, 7) is 16.6. The maximum Gasteiger partial charge on any atom is 0.0781 e. The molecule has 0 aromatic carbocycles. The van der Waals surface area contributed by atoms with Gasteiger partial charge in [0.25, 0.3) is 0 Å². The number of thioether (sulfide) groups is 1. The summed E-state index contributed by atoms with van der Waals surface area (Å²) in [6, 6.07) is 0. The van der Waals surface area contributed by atoms with Crippen molar-refractivity contribution in [2.45, 2.75) is 91.2 Å². The van der Waals surface area contributed by atoms with Crippen molar-refractivity contribution in [1.29, 1.82) is 0 Å². The second-order valence-electron chi connectivity index (χ2n) is 8.17. The van der Waals surface area contributed by atoms with Crippen LogP contribution >= 0.6 is 11.8 Å². The van der Waals surface area contributed by atoms with E-state index in [1.807, 2.05) is 34.6 Å². The largest absolute Gasteiger partial charge is 0.391 e. The van der Waals surface area contributed by atoms with Crippen molar-refractivity contribution in [3.8, 4) is 0 Å². The third-order valence-corrected chi connectivity index (χ3v) is 4.90. The minimum absolute atomic E-state index is 0.0114. The van der Waals surface area contributed by atoms with Gasteiger partial charge < -0.3 is 33.5 Å². The molecular weight excluding hydrogens is 408 g/mol. The Hall–Kier alpha value is 0.0700. The van der Waals surface area contributed by atoms with Gasteiger partial charge in [-0.1, -0.05) is 0 Å². The van der Waals surface area contributed by atoms with Gasteiger partial charge in [0.15, 0.2) is 0 Å². The summed E-state index contributed by atoms with van der Waals surface area (Å²) < 4.78 is 34.4. The Morgan fingerprint density at radius 2 is 0.767 bits per heavy atom. The third-order valence-electron chi connectivity index (χ3n) is 4.10. The van der Waals surface area contributed by atoms with Gasteiger partial charge in [0.05, 0.1) is 82.4 Å². The van der Waals surface area contributed by atoms with E-state index >= 15 is 0 Å². The van der Waals surface area contributed by atoms with Crippen molar-refractivity contribution < 1.29 is 33.5 Å². The molecule has 0 unspecified atom stereocenters. The molecule has 1 N–H and O–H groups in total. The fourth-order valence-electron chi connectivity index (χ4n) is 2.33. The molecule has 0 radical (unpaired) electrons. The van der Waals surface area contributed by atoms with Gasteiger partial charge in [0.2, 0.25) is 0 Å². The van der Waals surface area contributed by atoms with E-state index in [0.717, 1.165) is 5.75 Å². The fourth-order valence-corrected chi connectivity index (χ4v) is 2.89. The van der Waals surface area contributed by atoms with Gasteiger partial charge in [-0.15, -0.1) is 0 Å². The van der Waals surface area contributed by atoms with Crippen LogP contribution in [0.4, 0.5) is 0 Å². The molecule has 0 rings (SSSR count). The summed E-state index contributed by atoms with van der Waals surface area (Å²) in [6.07, 6.45) is 1.74. The average molecular weight is 455 g/mol. The Morgan fingerprint density at radius 1 is 0.500 bits per heavy atom. The van der Waals surface area contributed by atoms with Crippen molar-refractivity contribution in [3.05, 3.63) is 0 Å². The topological polar surface area (TPSA) is 75.6 Å². The lowest BCUT2D eigenvalue weighted by Gasteiger charge is -2.22. The summed E-state index contributed by atoms with van der Waals surface area (Å²) >= 11 is 1.78. The molecule has 0 saturated carbocycles. The Labute approximate surface area is 188 Å². The third kappa shape index (κ3) is 18.8. The maximum atomic E-state index is 9.22. The highest BCUT2D eigenvalue weighted by molar-refractivity contribution is 7.98. The van der Waals surface area contributed by atoms with E-state index in [-0.39, 0.29) is 36.6 Å². The van der Waals surface area contributed by atoms with Crippen LogP contribution in [-0.2, 0) is 28.4 Å². The first kappa shape index (κ1) is 30.1. The van der Waals surface area contributed by atoms with Crippen LogP contribution in [-0.4, -0.2) is 99.5 Å².